The lowest BCUT2D eigenvalue weighted by Crippen LogP contribution is -2.31. The molecular weight excluding hydrogens is 174 g/mol. The van der Waals surface area contributed by atoms with E-state index in [0.29, 0.717) is 0 Å². The Hall–Kier alpha value is -1.64. The second-order valence-electron chi connectivity index (χ2n) is 1.71. The van der Waals surface area contributed by atoms with E-state index in [9.17, 15) is 20.2 Å². The molecule has 9 nitrogen and oxygen atoms in total. The summed E-state index contributed by atoms with van der Waals surface area (Å²) in [5.41, 5.74) is 4.98. The highest BCUT2D eigenvalue weighted by Crippen LogP contribution is 1.91. The first-order chi connectivity index (χ1) is 5.56. The highest BCUT2D eigenvalue weighted by atomic mass is 17.0. The molecule has 0 amide bonds. The van der Waals surface area contributed by atoms with E-state index in [2.05, 4.69) is 9.68 Å². The van der Waals surface area contributed by atoms with Gasteiger partial charge in [0.1, 0.15) is 12.7 Å². The Morgan fingerprint density at radius 1 is 1.33 bits per heavy atom. The van der Waals surface area contributed by atoms with Crippen molar-refractivity contribution in [3.05, 3.63) is 20.2 Å². The maximum absolute atomic E-state index is 9.72. The Balaban J connectivity index is 3.67. The molecule has 0 bridgehead atoms. The summed E-state index contributed by atoms with van der Waals surface area (Å²) in [6.45, 7) is -0.778. The normalized spacial score (nSPS) is 11.8. The van der Waals surface area contributed by atoms with Crippen molar-refractivity contribution in [2.45, 2.75) is 6.10 Å². The van der Waals surface area contributed by atoms with Gasteiger partial charge in [-0.05, 0) is 0 Å². The van der Waals surface area contributed by atoms with Gasteiger partial charge in [0.15, 0.2) is 0 Å². The Bertz CT molecular complexity index is 171. The van der Waals surface area contributed by atoms with E-state index in [0.717, 1.165) is 0 Å². The van der Waals surface area contributed by atoms with E-state index in [1.807, 2.05) is 0 Å². The predicted octanol–water partition coefficient (Wildman–Crippen LogP) is -1.27. The van der Waals surface area contributed by atoms with Gasteiger partial charge in [0.05, 0.1) is 0 Å². The van der Waals surface area contributed by atoms with Crippen LogP contribution in [0.4, 0.5) is 0 Å². The van der Waals surface area contributed by atoms with Crippen molar-refractivity contribution in [2.75, 3.05) is 13.2 Å². The minimum Gasteiger partial charge on any atom is -0.328 e. The van der Waals surface area contributed by atoms with Crippen molar-refractivity contribution >= 4 is 0 Å². The Labute approximate surface area is 66.3 Å². The van der Waals surface area contributed by atoms with Crippen LogP contribution in [0.15, 0.2) is 0 Å². The first-order valence-electron chi connectivity index (χ1n) is 2.84. The molecule has 70 valence electrons. The summed E-state index contributed by atoms with van der Waals surface area (Å²) >= 11 is 0. The van der Waals surface area contributed by atoms with Crippen LogP contribution in [0, 0.1) is 20.2 Å². The molecule has 0 aromatic carbocycles. The van der Waals surface area contributed by atoms with Gasteiger partial charge in [0, 0.05) is 6.54 Å². The molecule has 0 rings (SSSR count). The largest absolute Gasteiger partial charge is 0.328 e. The molecule has 9 heteroatoms. The lowest BCUT2D eigenvalue weighted by molar-refractivity contribution is -0.789. The van der Waals surface area contributed by atoms with Crippen molar-refractivity contribution in [3.63, 3.8) is 0 Å². The first-order valence-corrected chi connectivity index (χ1v) is 2.84. The average Bonchev–Trinajstić information content (AvgIpc) is 1.97. The van der Waals surface area contributed by atoms with Gasteiger partial charge in [-0.2, -0.15) is 0 Å². The molecule has 0 aromatic rings. The second kappa shape index (κ2) is 5.07. The fourth-order valence-corrected chi connectivity index (χ4v) is 0.407. The summed E-state index contributed by atoms with van der Waals surface area (Å²) in [7, 11) is 0. The van der Waals surface area contributed by atoms with Crippen LogP contribution in [-0.2, 0) is 9.68 Å². The SMILES string of the molecule is NCC(CO[N+](=O)[O-])O[N+](=O)[O-]. The van der Waals surface area contributed by atoms with E-state index >= 15 is 0 Å². The number of hydrogen-bond acceptors (Lipinski definition) is 7. The second-order valence-corrected chi connectivity index (χ2v) is 1.71. The molecule has 0 heterocycles. The zero-order valence-corrected chi connectivity index (χ0v) is 5.91. The monoisotopic (exact) mass is 181 g/mol. The fraction of sp³-hybridized carbons (Fsp3) is 1.00. The summed E-state index contributed by atoms with van der Waals surface area (Å²) in [6, 6.07) is 0. The molecule has 0 saturated carbocycles. The molecule has 0 aliphatic carbocycles. The molecule has 0 aromatic heterocycles. The molecule has 0 radical (unpaired) electrons. The fourth-order valence-electron chi connectivity index (χ4n) is 0.407. The number of hydrogen-bond donors (Lipinski definition) is 1. The number of nitrogens with zero attached hydrogens (tertiary/aromatic N) is 2. The Morgan fingerprint density at radius 3 is 2.25 bits per heavy atom. The minimum atomic E-state index is -1.11. The molecule has 0 aliphatic heterocycles. The molecule has 12 heavy (non-hydrogen) atoms. The Morgan fingerprint density at radius 2 is 1.92 bits per heavy atom. The zero-order valence-electron chi connectivity index (χ0n) is 5.91. The van der Waals surface area contributed by atoms with Gasteiger partial charge < -0.3 is 15.4 Å². The van der Waals surface area contributed by atoms with Crippen LogP contribution in [-0.4, -0.2) is 29.4 Å². The number of rotatable bonds is 6. The maximum Gasteiger partial charge on any atom is 0.294 e. The Kier molecular flexibility index (Phi) is 4.38. The molecule has 0 fully saturated rings. The van der Waals surface area contributed by atoms with Crippen LogP contribution in [0.5, 0.6) is 0 Å². The third-order valence-corrected chi connectivity index (χ3v) is 0.864. The van der Waals surface area contributed by atoms with Crippen molar-refractivity contribution < 1.29 is 19.8 Å². The quantitative estimate of drug-likeness (QED) is 0.399. The van der Waals surface area contributed by atoms with Gasteiger partial charge in [0.2, 0.25) is 0 Å². The summed E-state index contributed by atoms with van der Waals surface area (Å²) in [5, 5.41) is 17.2. The lowest BCUT2D eigenvalue weighted by atomic mass is 10.4. The zero-order chi connectivity index (χ0) is 9.56. The highest BCUT2D eigenvalue weighted by molar-refractivity contribution is 4.52. The lowest BCUT2D eigenvalue weighted by Gasteiger charge is -2.09. The molecule has 2 N–H and O–H groups in total. The summed E-state index contributed by atoms with van der Waals surface area (Å²) in [6.07, 6.45) is -1.11. The van der Waals surface area contributed by atoms with Crippen molar-refractivity contribution in [1.82, 2.24) is 0 Å². The molecule has 1 atom stereocenters. The van der Waals surface area contributed by atoms with Crippen LogP contribution in [0.25, 0.3) is 0 Å². The molecule has 1 unspecified atom stereocenters. The standard InChI is InChI=1S/C3H7N3O6/c4-1-3(12-6(9)10)2-11-5(7)8/h3H,1-2,4H2. The topological polar surface area (TPSA) is 131 Å². The van der Waals surface area contributed by atoms with Gasteiger partial charge in [-0.3, -0.25) is 0 Å². The maximum atomic E-state index is 9.72. The van der Waals surface area contributed by atoms with Crippen molar-refractivity contribution in [3.8, 4) is 0 Å². The smallest absolute Gasteiger partial charge is 0.294 e. The van der Waals surface area contributed by atoms with E-state index in [-0.39, 0.29) is 6.54 Å². The van der Waals surface area contributed by atoms with E-state index in [1.54, 1.807) is 0 Å². The van der Waals surface area contributed by atoms with E-state index in [4.69, 9.17) is 5.73 Å². The van der Waals surface area contributed by atoms with Gasteiger partial charge in [-0.15, -0.1) is 20.2 Å². The molecule has 0 aliphatic rings. The third-order valence-electron chi connectivity index (χ3n) is 0.864. The van der Waals surface area contributed by atoms with Gasteiger partial charge in [-0.1, -0.05) is 0 Å². The van der Waals surface area contributed by atoms with Gasteiger partial charge in [0.25, 0.3) is 10.2 Å². The van der Waals surface area contributed by atoms with E-state index in [1.165, 1.54) is 0 Å². The summed E-state index contributed by atoms with van der Waals surface area (Å²) in [4.78, 5) is 27.1. The van der Waals surface area contributed by atoms with Crippen molar-refractivity contribution in [2.24, 2.45) is 5.73 Å². The van der Waals surface area contributed by atoms with Crippen LogP contribution < -0.4 is 5.73 Å². The number of nitrogens with two attached hydrogens (primary N) is 1. The molecule has 0 spiro atoms. The molecule has 0 saturated heterocycles. The summed E-state index contributed by atoms with van der Waals surface area (Å²) < 4.78 is 0. The van der Waals surface area contributed by atoms with Crippen LogP contribution in [0.2, 0.25) is 0 Å². The van der Waals surface area contributed by atoms with Gasteiger partial charge in [-0.25, -0.2) is 0 Å². The van der Waals surface area contributed by atoms with Crippen molar-refractivity contribution in [1.29, 1.82) is 0 Å². The predicted molar refractivity (Wildman–Crippen MR) is 33.9 cm³/mol. The first kappa shape index (κ1) is 10.4. The average molecular weight is 181 g/mol. The highest BCUT2D eigenvalue weighted by Gasteiger charge is 2.12. The minimum absolute atomic E-state index is 0.227. The third kappa shape index (κ3) is 5.17. The van der Waals surface area contributed by atoms with Gasteiger partial charge >= 0.3 is 0 Å². The van der Waals surface area contributed by atoms with E-state index < -0.39 is 22.9 Å². The van der Waals surface area contributed by atoms with Crippen LogP contribution in [0.1, 0.15) is 0 Å². The van der Waals surface area contributed by atoms with Crippen LogP contribution >= 0.6 is 0 Å². The molecular formula is C3H7N3O6. The summed E-state index contributed by atoms with van der Waals surface area (Å²) in [5.74, 6) is 0. The van der Waals surface area contributed by atoms with Crippen LogP contribution in [0.3, 0.4) is 0 Å².